The van der Waals surface area contributed by atoms with E-state index in [-0.39, 0.29) is 0 Å². The summed E-state index contributed by atoms with van der Waals surface area (Å²) >= 11 is 0. The van der Waals surface area contributed by atoms with Gasteiger partial charge in [-0.1, -0.05) is 218 Å². The number of pyridine rings is 1. The van der Waals surface area contributed by atoms with E-state index < -0.39 is 0 Å². The number of aromatic nitrogens is 5. The maximum Gasteiger partial charge on any atom is 0.164 e. The Hall–Kier alpha value is -8.28. The Balaban J connectivity index is 1.08. The molecule has 61 heavy (non-hydrogen) atoms. The number of nitrogens with zero attached hydrogens (tertiary/aromatic N) is 5. The van der Waals surface area contributed by atoms with Gasteiger partial charge in [0.15, 0.2) is 17.5 Å². The second-order valence-electron chi connectivity index (χ2n) is 15.0. The highest BCUT2D eigenvalue weighted by atomic mass is 15.2. The minimum atomic E-state index is 0.629. The van der Waals surface area contributed by atoms with E-state index in [9.17, 15) is 0 Å². The van der Waals surface area contributed by atoms with Gasteiger partial charge in [-0.2, -0.15) is 5.10 Å². The molecular formula is C56H37N5. The molecule has 286 valence electrons. The number of fused-ring (bicyclic) bond motifs is 3. The van der Waals surface area contributed by atoms with Gasteiger partial charge in [0.25, 0.3) is 0 Å². The van der Waals surface area contributed by atoms with Crippen LogP contribution in [0.4, 0.5) is 0 Å². The molecule has 0 aliphatic rings. The molecule has 0 radical (unpaired) electrons. The zero-order chi connectivity index (χ0) is 40.5. The van der Waals surface area contributed by atoms with Crippen LogP contribution < -0.4 is 0 Å². The van der Waals surface area contributed by atoms with Gasteiger partial charge < -0.3 is 0 Å². The molecule has 0 fully saturated rings. The van der Waals surface area contributed by atoms with E-state index in [1.165, 1.54) is 0 Å². The van der Waals surface area contributed by atoms with Crippen molar-refractivity contribution in [3.05, 3.63) is 224 Å². The van der Waals surface area contributed by atoms with Gasteiger partial charge in [0.05, 0.1) is 11.2 Å². The van der Waals surface area contributed by atoms with E-state index in [1.54, 1.807) is 0 Å². The standard InChI is InChI=1S/C56H37N5/c1-6-19-39(20-7-1)50-51(40-21-8-2-9-22-40)60-61-52(41-23-10-3-11-24-41)49(47-31-16-17-32-48(47)53(50)61)46-30-18-29-45(37-46)38-33-35-44(36-34-38)56-58-54(42-25-12-4-13-26-42)57-55(59-56)43-27-14-5-15-28-43/h1-37H. The average molecular weight is 780 g/mol. The summed E-state index contributed by atoms with van der Waals surface area (Å²) in [5, 5.41) is 7.85. The molecule has 0 saturated carbocycles. The Kier molecular flexibility index (Phi) is 9.10. The van der Waals surface area contributed by atoms with E-state index in [4.69, 9.17) is 20.1 Å². The maximum atomic E-state index is 5.54. The third-order valence-electron chi connectivity index (χ3n) is 11.3. The van der Waals surface area contributed by atoms with Crippen LogP contribution in [-0.2, 0) is 0 Å². The molecule has 0 bridgehead atoms. The zero-order valence-corrected chi connectivity index (χ0v) is 33.1. The van der Waals surface area contributed by atoms with Gasteiger partial charge >= 0.3 is 0 Å². The molecule has 0 atom stereocenters. The Morgan fingerprint density at radius 3 is 1.25 bits per heavy atom. The van der Waals surface area contributed by atoms with Crippen LogP contribution in [0.25, 0.3) is 106 Å². The topological polar surface area (TPSA) is 56.0 Å². The van der Waals surface area contributed by atoms with Crippen LogP contribution in [0.5, 0.6) is 0 Å². The molecule has 5 heteroatoms. The van der Waals surface area contributed by atoms with Crippen molar-refractivity contribution in [2.24, 2.45) is 0 Å². The van der Waals surface area contributed by atoms with Gasteiger partial charge in [0, 0.05) is 44.3 Å². The number of hydrogen-bond acceptors (Lipinski definition) is 4. The molecule has 11 rings (SSSR count). The summed E-state index contributed by atoms with van der Waals surface area (Å²) < 4.78 is 2.20. The summed E-state index contributed by atoms with van der Waals surface area (Å²) in [6.07, 6.45) is 0. The molecule has 0 spiro atoms. The van der Waals surface area contributed by atoms with E-state index in [0.717, 1.165) is 88.9 Å². The molecule has 0 saturated heterocycles. The first-order valence-electron chi connectivity index (χ1n) is 20.5. The molecule has 0 aliphatic carbocycles. The van der Waals surface area contributed by atoms with Gasteiger partial charge in [-0.15, -0.1) is 0 Å². The van der Waals surface area contributed by atoms with Crippen molar-refractivity contribution >= 4 is 16.3 Å². The molecule has 5 nitrogen and oxygen atoms in total. The molecule has 3 heterocycles. The van der Waals surface area contributed by atoms with Crippen molar-refractivity contribution in [3.63, 3.8) is 0 Å². The first-order chi connectivity index (χ1) is 30.3. The minimum absolute atomic E-state index is 0.629. The van der Waals surface area contributed by atoms with E-state index in [1.807, 2.05) is 60.7 Å². The quantitative estimate of drug-likeness (QED) is 0.154. The van der Waals surface area contributed by atoms with Crippen LogP contribution in [0, 0.1) is 0 Å². The molecule has 0 N–H and O–H groups in total. The van der Waals surface area contributed by atoms with Crippen LogP contribution >= 0.6 is 0 Å². The van der Waals surface area contributed by atoms with Gasteiger partial charge in [-0.05, 0) is 33.7 Å². The lowest BCUT2D eigenvalue weighted by Gasteiger charge is -2.18. The summed E-state index contributed by atoms with van der Waals surface area (Å²) in [7, 11) is 0. The fraction of sp³-hybridized carbons (Fsp3) is 0. The zero-order valence-electron chi connectivity index (χ0n) is 33.1. The van der Waals surface area contributed by atoms with Crippen molar-refractivity contribution in [2.75, 3.05) is 0 Å². The Morgan fingerprint density at radius 1 is 0.279 bits per heavy atom. The predicted octanol–water partition coefficient (Wildman–Crippen LogP) is 14.0. The molecule has 8 aromatic carbocycles. The first-order valence-corrected chi connectivity index (χ1v) is 20.5. The van der Waals surface area contributed by atoms with Gasteiger partial charge in [0.1, 0.15) is 5.69 Å². The van der Waals surface area contributed by atoms with Crippen LogP contribution in [0.1, 0.15) is 0 Å². The summed E-state index contributed by atoms with van der Waals surface area (Å²) in [5.41, 5.74) is 14.7. The fourth-order valence-electron chi connectivity index (χ4n) is 8.40. The lowest BCUT2D eigenvalue weighted by molar-refractivity contribution is 0.981. The third kappa shape index (κ3) is 6.64. The van der Waals surface area contributed by atoms with E-state index in [2.05, 4.69) is 168 Å². The van der Waals surface area contributed by atoms with Crippen molar-refractivity contribution in [3.8, 4) is 90.1 Å². The Labute approximate surface area is 354 Å². The SMILES string of the molecule is c1ccc(-c2nc(-c3ccccc3)nc(-c3ccc(-c4cccc(-c5c(-c6ccccc6)n6nc(-c7ccccc7)c(-c7ccccc7)c6c6ccccc56)c4)cc3)n2)cc1. The maximum absolute atomic E-state index is 5.54. The smallest absolute Gasteiger partial charge is 0.164 e. The minimum Gasteiger partial charge on any atom is -0.231 e. The normalized spacial score (nSPS) is 11.3. The average Bonchev–Trinajstić information content (AvgIpc) is 3.76. The lowest BCUT2D eigenvalue weighted by atomic mass is 9.90. The molecule has 11 aromatic rings. The Morgan fingerprint density at radius 2 is 0.689 bits per heavy atom. The fourth-order valence-corrected chi connectivity index (χ4v) is 8.40. The Bertz CT molecular complexity index is 3250. The van der Waals surface area contributed by atoms with E-state index >= 15 is 0 Å². The highest BCUT2D eigenvalue weighted by molar-refractivity contribution is 6.15. The summed E-state index contributed by atoms with van der Waals surface area (Å²) in [4.78, 5) is 14.8. The highest BCUT2D eigenvalue weighted by Gasteiger charge is 2.25. The number of rotatable bonds is 8. The van der Waals surface area contributed by atoms with Gasteiger partial charge in [0.2, 0.25) is 0 Å². The second kappa shape index (κ2) is 15.5. The number of benzene rings is 8. The largest absolute Gasteiger partial charge is 0.231 e. The molecule has 0 aliphatic heterocycles. The summed E-state index contributed by atoms with van der Waals surface area (Å²) in [6, 6.07) is 78.2. The molecular weight excluding hydrogens is 743 g/mol. The summed E-state index contributed by atoms with van der Waals surface area (Å²) in [6.45, 7) is 0. The third-order valence-corrected chi connectivity index (χ3v) is 11.3. The van der Waals surface area contributed by atoms with Crippen LogP contribution in [0.2, 0.25) is 0 Å². The molecule has 3 aromatic heterocycles. The van der Waals surface area contributed by atoms with Crippen molar-refractivity contribution in [2.45, 2.75) is 0 Å². The van der Waals surface area contributed by atoms with Crippen LogP contribution in [0.3, 0.4) is 0 Å². The van der Waals surface area contributed by atoms with Crippen LogP contribution in [-0.4, -0.2) is 24.6 Å². The number of hydrogen-bond donors (Lipinski definition) is 0. The van der Waals surface area contributed by atoms with Gasteiger partial charge in [-0.3, -0.25) is 0 Å². The van der Waals surface area contributed by atoms with Crippen molar-refractivity contribution < 1.29 is 0 Å². The van der Waals surface area contributed by atoms with Crippen LogP contribution in [0.15, 0.2) is 224 Å². The second-order valence-corrected chi connectivity index (χ2v) is 15.0. The highest BCUT2D eigenvalue weighted by Crippen LogP contribution is 2.46. The predicted molar refractivity (Wildman–Crippen MR) is 250 cm³/mol. The van der Waals surface area contributed by atoms with Crippen molar-refractivity contribution in [1.29, 1.82) is 0 Å². The van der Waals surface area contributed by atoms with E-state index in [0.29, 0.717) is 17.5 Å². The molecule has 0 unspecified atom stereocenters. The van der Waals surface area contributed by atoms with Crippen molar-refractivity contribution in [1.82, 2.24) is 24.6 Å². The monoisotopic (exact) mass is 779 g/mol. The molecule has 0 amide bonds. The lowest BCUT2D eigenvalue weighted by Crippen LogP contribution is -2.00. The first kappa shape index (κ1) is 35.8. The van der Waals surface area contributed by atoms with Gasteiger partial charge in [-0.25, -0.2) is 19.5 Å². The summed E-state index contributed by atoms with van der Waals surface area (Å²) in [5.74, 6) is 1.91.